The van der Waals surface area contributed by atoms with E-state index >= 15 is 0 Å². The predicted octanol–water partition coefficient (Wildman–Crippen LogP) is 3.52. The normalized spacial score (nSPS) is 11.4. The maximum absolute atomic E-state index is 5.99. The van der Waals surface area contributed by atoms with E-state index in [4.69, 9.17) is 5.73 Å². The molecule has 0 saturated heterocycles. The van der Waals surface area contributed by atoms with E-state index in [0.717, 1.165) is 22.0 Å². The van der Waals surface area contributed by atoms with E-state index in [0.29, 0.717) is 17.3 Å². The van der Waals surface area contributed by atoms with Crippen molar-refractivity contribution < 1.29 is 0 Å². The first-order valence-electron chi connectivity index (χ1n) is 7.58. The molecule has 8 heteroatoms. The molecule has 0 bridgehead atoms. The van der Waals surface area contributed by atoms with Crippen LogP contribution in [0.4, 0.5) is 17.3 Å². The molecule has 0 spiro atoms. The minimum absolute atomic E-state index is 0.336. The Morgan fingerprint density at radius 2 is 1.80 bits per heavy atom. The lowest BCUT2D eigenvalue weighted by molar-refractivity contribution is 1.03. The van der Waals surface area contributed by atoms with E-state index in [1.807, 2.05) is 31.2 Å². The number of nitrogens with two attached hydrogens (primary N) is 1. The topological polar surface area (TPSA) is 107 Å². The average molecular weight is 330 g/mol. The smallest absolute Gasteiger partial charge is 0.174 e. The first-order valence-corrected chi connectivity index (χ1v) is 7.58. The largest absolute Gasteiger partial charge is 0.382 e. The highest BCUT2D eigenvalue weighted by Gasteiger charge is 2.07. The Hall–Kier alpha value is -3.68. The Kier molecular flexibility index (Phi) is 3.62. The molecule has 3 heterocycles. The third-order valence-corrected chi connectivity index (χ3v) is 3.75. The molecule has 0 aliphatic carbocycles. The fraction of sp³-hybridized carbons (Fsp3) is 0.0588. The van der Waals surface area contributed by atoms with Crippen LogP contribution in [0.25, 0.3) is 16.5 Å². The van der Waals surface area contributed by atoms with E-state index < -0.39 is 0 Å². The van der Waals surface area contributed by atoms with E-state index in [9.17, 15) is 0 Å². The Morgan fingerprint density at radius 3 is 2.56 bits per heavy atom. The molecule has 4 aromatic rings. The Balaban J connectivity index is 1.69. The van der Waals surface area contributed by atoms with Crippen LogP contribution in [0, 0.1) is 6.92 Å². The first-order chi connectivity index (χ1) is 12.2. The van der Waals surface area contributed by atoms with Gasteiger partial charge < -0.3 is 5.73 Å². The molecular weight excluding hydrogens is 316 g/mol. The van der Waals surface area contributed by atoms with Gasteiger partial charge in [0.25, 0.3) is 0 Å². The number of nitrogen functional groups attached to an aromatic ring is 1. The van der Waals surface area contributed by atoms with Crippen LogP contribution in [-0.4, -0.2) is 24.7 Å². The number of aromatic nitrogens is 5. The second-order valence-electron chi connectivity index (χ2n) is 5.53. The molecule has 0 radical (unpaired) electrons. The number of rotatable bonds is 3. The Morgan fingerprint density at radius 1 is 0.960 bits per heavy atom. The zero-order valence-electron chi connectivity index (χ0n) is 13.4. The van der Waals surface area contributed by atoms with Crippen LogP contribution in [-0.2, 0) is 0 Å². The van der Waals surface area contributed by atoms with Gasteiger partial charge in [-0.2, -0.15) is 0 Å². The lowest BCUT2D eigenvalue weighted by Crippen LogP contribution is -1.91. The van der Waals surface area contributed by atoms with E-state index in [2.05, 4.69) is 30.4 Å². The molecule has 8 nitrogen and oxygen atoms in total. The number of hydrogen-bond donors (Lipinski definition) is 1. The zero-order chi connectivity index (χ0) is 17.2. The summed E-state index contributed by atoms with van der Waals surface area (Å²) in [5.74, 6) is 0.809. The molecule has 0 fully saturated rings. The van der Waals surface area contributed by atoms with Crippen molar-refractivity contribution in [2.45, 2.75) is 6.92 Å². The SMILES string of the molecule is Cc1ccc2cnc(N)c(N=Nc3ccc(-n4cnnc4)cn3)c2c1. The van der Waals surface area contributed by atoms with Crippen molar-refractivity contribution in [3.05, 3.63) is 60.9 Å². The Labute approximate surface area is 143 Å². The van der Waals surface area contributed by atoms with Gasteiger partial charge in [-0.15, -0.1) is 20.4 Å². The molecule has 0 unspecified atom stereocenters. The summed E-state index contributed by atoms with van der Waals surface area (Å²) in [6.45, 7) is 2.02. The number of pyridine rings is 2. The van der Waals surface area contributed by atoms with Gasteiger partial charge in [-0.1, -0.05) is 17.7 Å². The maximum Gasteiger partial charge on any atom is 0.174 e. The summed E-state index contributed by atoms with van der Waals surface area (Å²) >= 11 is 0. The first kappa shape index (κ1) is 14.9. The number of anilines is 1. The van der Waals surface area contributed by atoms with Crippen LogP contribution in [0.2, 0.25) is 0 Å². The number of nitrogens with zero attached hydrogens (tertiary/aromatic N) is 7. The average Bonchev–Trinajstić information content (AvgIpc) is 3.16. The van der Waals surface area contributed by atoms with E-state index in [-0.39, 0.29) is 0 Å². The minimum Gasteiger partial charge on any atom is -0.382 e. The van der Waals surface area contributed by atoms with Crippen molar-refractivity contribution in [2.75, 3.05) is 5.73 Å². The summed E-state index contributed by atoms with van der Waals surface area (Å²) in [4.78, 5) is 8.46. The van der Waals surface area contributed by atoms with E-state index in [1.165, 1.54) is 0 Å². The van der Waals surface area contributed by atoms with Gasteiger partial charge in [-0.05, 0) is 25.1 Å². The summed E-state index contributed by atoms with van der Waals surface area (Å²) in [6, 6.07) is 9.65. The van der Waals surface area contributed by atoms with Crippen molar-refractivity contribution in [1.82, 2.24) is 24.7 Å². The van der Waals surface area contributed by atoms with Crippen molar-refractivity contribution >= 4 is 28.1 Å². The highest BCUT2D eigenvalue weighted by molar-refractivity contribution is 5.96. The fourth-order valence-corrected chi connectivity index (χ4v) is 2.46. The third-order valence-electron chi connectivity index (χ3n) is 3.75. The van der Waals surface area contributed by atoms with Gasteiger partial charge in [-0.3, -0.25) is 4.57 Å². The van der Waals surface area contributed by atoms with Gasteiger partial charge in [-0.25, -0.2) is 9.97 Å². The standard InChI is InChI=1S/C17H14N8/c1-11-2-3-12-7-20-17(18)16(14(12)6-11)24-23-15-5-4-13(8-19-15)25-9-21-22-10-25/h2-10H,1H3,(H2,18,20). The molecule has 0 aliphatic rings. The van der Waals surface area contributed by atoms with Crippen molar-refractivity contribution in [3.63, 3.8) is 0 Å². The van der Waals surface area contributed by atoms with Crippen LogP contribution in [0.3, 0.4) is 0 Å². The van der Waals surface area contributed by atoms with Gasteiger partial charge in [0.2, 0.25) is 0 Å². The molecule has 0 atom stereocenters. The second kappa shape index (κ2) is 6.08. The van der Waals surface area contributed by atoms with Crippen LogP contribution >= 0.6 is 0 Å². The van der Waals surface area contributed by atoms with Crippen molar-refractivity contribution in [2.24, 2.45) is 10.2 Å². The van der Waals surface area contributed by atoms with Crippen LogP contribution in [0.1, 0.15) is 5.56 Å². The summed E-state index contributed by atoms with van der Waals surface area (Å²) in [5, 5.41) is 17.9. The Bertz CT molecular complexity index is 1050. The molecule has 122 valence electrons. The molecule has 3 aromatic heterocycles. The molecule has 2 N–H and O–H groups in total. The maximum atomic E-state index is 5.99. The van der Waals surface area contributed by atoms with E-state index in [1.54, 1.807) is 35.7 Å². The summed E-state index contributed by atoms with van der Waals surface area (Å²) in [5.41, 5.74) is 8.49. The number of azo groups is 1. The molecule has 25 heavy (non-hydrogen) atoms. The van der Waals surface area contributed by atoms with Gasteiger partial charge in [0.15, 0.2) is 11.6 Å². The summed E-state index contributed by atoms with van der Waals surface area (Å²) in [6.07, 6.45) is 6.61. The summed E-state index contributed by atoms with van der Waals surface area (Å²) < 4.78 is 1.75. The second-order valence-corrected chi connectivity index (χ2v) is 5.53. The lowest BCUT2D eigenvalue weighted by atomic mass is 10.1. The van der Waals surface area contributed by atoms with Gasteiger partial charge in [0, 0.05) is 17.0 Å². The molecule has 4 rings (SSSR count). The minimum atomic E-state index is 0.336. The molecule has 0 aliphatic heterocycles. The molecule has 0 saturated carbocycles. The zero-order valence-corrected chi connectivity index (χ0v) is 13.4. The van der Waals surface area contributed by atoms with Gasteiger partial charge in [0.1, 0.15) is 18.3 Å². The lowest BCUT2D eigenvalue weighted by Gasteiger charge is -2.05. The molecule has 1 aromatic carbocycles. The van der Waals surface area contributed by atoms with Crippen LogP contribution in [0.5, 0.6) is 0 Å². The third kappa shape index (κ3) is 2.92. The van der Waals surface area contributed by atoms with Crippen LogP contribution < -0.4 is 5.73 Å². The van der Waals surface area contributed by atoms with Crippen molar-refractivity contribution in [1.29, 1.82) is 0 Å². The number of fused-ring (bicyclic) bond motifs is 1. The van der Waals surface area contributed by atoms with Gasteiger partial charge in [0.05, 0.1) is 11.9 Å². The molecule has 0 amide bonds. The highest BCUT2D eigenvalue weighted by atomic mass is 15.2. The number of hydrogen-bond acceptors (Lipinski definition) is 7. The number of aryl methyl sites for hydroxylation is 1. The quantitative estimate of drug-likeness (QED) is 0.578. The van der Waals surface area contributed by atoms with Crippen molar-refractivity contribution in [3.8, 4) is 5.69 Å². The van der Waals surface area contributed by atoms with Gasteiger partial charge >= 0.3 is 0 Å². The fourth-order valence-electron chi connectivity index (χ4n) is 2.46. The monoisotopic (exact) mass is 330 g/mol. The highest BCUT2D eigenvalue weighted by Crippen LogP contribution is 2.32. The molecular formula is C17H14N8. The number of benzene rings is 1. The van der Waals surface area contributed by atoms with Crippen LogP contribution in [0.15, 0.2) is 65.6 Å². The predicted molar refractivity (Wildman–Crippen MR) is 94.2 cm³/mol. The summed E-state index contributed by atoms with van der Waals surface area (Å²) in [7, 11) is 0.